The fraction of sp³-hybridized carbons (Fsp3) is 0.500. The molecule has 142 valence electrons. The molecule has 0 bridgehead atoms. The van der Waals surface area contributed by atoms with Crippen molar-refractivity contribution in [3.8, 4) is 0 Å². The van der Waals surface area contributed by atoms with Crippen LogP contribution in [0.15, 0.2) is 42.5 Å². The Morgan fingerprint density at radius 1 is 1.19 bits per heavy atom. The first-order valence-electron chi connectivity index (χ1n) is 9.58. The van der Waals surface area contributed by atoms with Crippen molar-refractivity contribution in [1.29, 1.82) is 0 Å². The molecule has 2 unspecified atom stereocenters. The summed E-state index contributed by atoms with van der Waals surface area (Å²) in [6.07, 6.45) is 4.81. The minimum atomic E-state index is -0.516. The van der Waals surface area contributed by atoms with Crippen LogP contribution in [0.25, 0.3) is 0 Å². The molecule has 0 spiro atoms. The SMILES string of the molecule is CCC(CCC(=O)c1ccc(CCC(N)(CC)CO)s1)c1ccccc1. The van der Waals surface area contributed by atoms with Crippen molar-refractivity contribution in [2.75, 3.05) is 6.61 Å². The fourth-order valence-corrected chi connectivity index (χ4v) is 4.14. The Morgan fingerprint density at radius 3 is 2.54 bits per heavy atom. The third-order valence-electron chi connectivity index (χ3n) is 5.31. The van der Waals surface area contributed by atoms with Gasteiger partial charge in [0.1, 0.15) is 0 Å². The molecule has 2 atom stereocenters. The number of aryl methyl sites for hydroxylation is 1. The fourth-order valence-electron chi connectivity index (χ4n) is 3.16. The average molecular weight is 374 g/mol. The van der Waals surface area contributed by atoms with E-state index in [-0.39, 0.29) is 12.4 Å². The van der Waals surface area contributed by atoms with Gasteiger partial charge in [0, 0.05) is 16.8 Å². The molecule has 0 saturated carbocycles. The number of rotatable bonds is 11. The van der Waals surface area contributed by atoms with Crippen molar-refractivity contribution < 1.29 is 9.90 Å². The highest BCUT2D eigenvalue weighted by molar-refractivity contribution is 7.14. The van der Waals surface area contributed by atoms with Crippen LogP contribution >= 0.6 is 11.3 Å². The Morgan fingerprint density at radius 2 is 1.92 bits per heavy atom. The number of hydrogen-bond acceptors (Lipinski definition) is 4. The van der Waals surface area contributed by atoms with Gasteiger partial charge in [-0.15, -0.1) is 11.3 Å². The van der Waals surface area contributed by atoms with Gasteiger partial charge in [0.05, 0.1) is 11.5 Å². The second kappa shape index (κ2) is 10.0. The van der Waals surface area contributed by atoms with Crippen LogP contribution in [0.5, 0.6) is 0 Å². The lowest BCUT2D eigenvalue weighted by Gasteiger charge is -2.25. The van der Waals surface area contributed by atoms with Crippen molar-refractivity contribution in [1.82, 2.24) is 0 Å². The zero-order valence-corrected chi connectivity index (χ0v) is 16.7. The Labute approximate surface area is 161 Å². The second-order valence-corrected chi connectivity index (χ2v) is 8.29. The van der Waals surface area contributed by atoms with E-state index in [0.29, 0.717) is 12.3 Å². The summed E-state index contributed by atoms with van der Waals surface area (Å²) in [6.45, 7) is 4.17. The first kappa shape index (κ1) is 20.8. The Hall–Kier alpha value is -1.49. The summed E-state index contributed by atoms with van der Waals surface area (Å²) in [6, 6.07) is 14.4. The van der Waals surface area contributed by atoms with Crippen LogP contribution in [-0.4, -0.2) is 23.0 Å². The molecule has 0 aliphatic rings. The number of carbonyl (C=O) groups excluding carboxylic acids is 1. The van der Waals surface area contributed by atoms with Crippen molar-refractivity contribution in [3.63, 3.8) is 0 Å². The first-order valence-corrected chi connectivity index (χ1v) is 10.4. The highest BCUT2D eigenvalue weighted by Crippen LogP contribution is 2.27. The van der Waals surface area contributed by atoms with Crippen molar-refractivity contribution in [2.24, 2.45) is 5.73 Å². The number of hydrogen-bond donors (Lipinski definition) is 2. The van der Waals surface area contributed by atoms with E-state index in [2.05, 4.69) is 31.2 Å². The number of thiophene rings is 1. The zero-order valence-electron chi connectivity index (χ0n) is 15.9. The summed E-state index contributed by atoms with van der Waals surface area (Å²) in [5.41, 5.74) is 6.95. The predicted octanol–water partition coefficient (Wildman–Crippen LogP) is 4.94. The maximum atomic E-state index is 12.6. The normalized spacial score (nSPS) is 14.8. The third-order valence-corrected chi connectivity index (χ3v) is 6.49. The van der Waals surface area contributed by atoms with Crippen LogP contribution in [0.4, 0.5) is 0 Å². The summed E-state index contributed by atoms with van der Waals surface area (Å²) in [7, 11) is 0. The van der Waals surface area contributed by atoms with Gasteiger partial charge in [0.15, 0.2) is 5.78 Å². The molecule has 0 radical (unpaired) electrons. The maximum Gasteiger partial charge on any atom is 0.172 e. The molecule has 2 aromatic rings. The summed E-state index contributed by atoms with van der Waals surface area (Å²) >= 11 is 1.57. The average Bonchev–Trinajstić information content (AvgIpc) is 3.16. The largest absolute Gasteiger partial charge is 0.394 e. The summed E-state index contributed by atoms with van der Waals surface area (Å²) in [4.78, 5) is 14.6. The van der Waals surface area contributed by atoms with Crippen molar-refractivity contribution in [3.05, 3.63) is 57.8 Å². The monoisotopic (exact) mass is 373 g/mol. The molecule has 3 N–H and O–H groups in total. The van der Waals surface area contributed by atoms with Crippen LogP contribution < -0.4 is 5.73 Å². The molecule has 0 aliphatic carbocycles. The molecular weight excluding hydrogens is 342 g/mol. The van der Waals surface area contributed by atoms with Gasteiger partial charge in [0.2, 0.25) is 0 Å². The zero-order chi connectivity index (χ0) is 19.0. The van der Waals surface area contributed by atoms with Gasteiger partial charge in [-0.05, 0) is 55.7 Å². The lowest BCUT2D eigenvalue weighted by atomic mass is 9.91. The number of nitrogens with two attached hydrogens (primary N) is 1. The summed E-state index contributed by atoms with van der Waals surface area (Å²) < 4.78 is 0. The van der Waals surface area contributed by atoms with Crippen LogP contribution in [0.2, 0.25) is 0 Å². The molecule has 4 heteroatoms. The minimum absolute atomic E-state index is 0.00143. The van der Waals surface area contributed by atoms with Gasteiger partial charge >= 0.3 is 0 Å². The number of aliphatic hydroxyl groups excluding tert-OH is 1. The predicted molar refractivity (Wildman–Crippen MR) is 110 cm³/mol. The third kappa shape index (κ3) is 5.76. The Kier molecular flexibility index (Phi) is 8.01. The quantitative estimate of drug-likeness (QED) is 0.549. The van der Waals surface area contributed by atoms with Crippen LogP contribution in [0, 0.1) is 0 Å². The molecule has 0 amide bonds. The highest BCUT2D eigenvalue weighted by atomic mass is 32.1. The van der Waals surface area contributed by atoms with Gasteiger partial charge in [-0.25, -0.2) is 0 Å². The van der Waals surface area contributed by atoms with E-state index in [9.17, 15) is 9.90 Å². The smallest absolute Gasteiger partial charge is 0.172 e. The number of carbonyl (C=O) groups is 1. The van der Waals surface area contributed by atoms with Gasteiger partial charge in [-0.1, -0.05) is 44.2 Å². The topological polar surface area (TPSA) is 63.3 Å². The van der Waals surface area contributed by atoms with Crippen LogP contribution in [0.1, 0.15) is 72.0 Å². The summed E-state index contributed by atoms with van der Waals surface area (Å²) in [5.74, 6) is 0.666. The number of Topliss-reactive ketones (excluding diaryl/α,β-unsaturated/α-hetero) is 1. The minimum Gasteiger partial charge on any atom is -0.394 e. The van der Waals surface area contributed by atoms with E-state index in [1.165, 1.54) is 10.4 Å². The second-order valence-electron chi connectivity index (χ2n) is 7.12. The van der Waals surface area contributed by atoms with Crippen molar-refractivity contribution >= 4 is 17.1 Å². The van der Waals surface area contributed by atoms with E-state index < -0.39 is 5.54 Å². The van der Waals surface area contributed by atoms with E-state index in [1.807, 2.05) is 25.1 Å². The number of ketones is 1. The standard InChI is InChI=1S/C22H31NO2S/c1-3-17(18-8-6-5-7-9-18)10-12-20(25)21-13-11-19(26-21)14-15-22(23,4-2)16-24/h5-9,11,13,17,24H,3-4,10,12,14-16,23H2,1-2H3. The molecule has 1 aromatic heterocycles. The van der Waals surface area contributed by atoms with Gasteiger partial charge in [-0.2, -0.15) is 0 Å². The molecule has 0 saturated heterocycles. The van der Waals surface area contributed by atoms with Gasteiger partial charge in [-0.3, -0.25) is 4.79 Å². The van der Waals surface area contributed by atoms with E-state index in [1.54, 1.807) is 11.3 Å². The molecule has 1 aromatic carbocycles. The summed E-state index contributed by atoms with van der Waals surface area (Å²) in [5, 5.41) is 9.42. The Bertz CT molecular complexity index is 676. The lowest BCUT2D eigenvalue weighted by Crippen LogP contribution is -2.43. The maximum absolute atomic E-state index is 12.6. The van der Waals surface area contributed by atoms with E-state index >= 15 is 0 Å². The molecule has 0 aliphatic heterocycles. The highest BCUT2D eigenvalue weighted by Gasteiger charge is 2.22. The van der Waals surface area contributed by atoms with Crippen LogP contribution in [0.3, 0.4) is 0 Å². The molecule has 1 heterocycles. The Balaban J connectivity index is 1.89. The first-order chi connectivity index (χ1) is 12.5. The molecule has 26 heavy (non-hydrogen) atoms. The molecule has 3 nitrogen and oxygen atoms in total. The van der Waals surface area contributed by atoms with Crippen molar-refractivity contribution in [2.45, 2.75) is 63.8 Å². The van der Waals surface area contributed by atoms with Gasteiger partial charge < -0.3 is 10.8 Å². The molecular formula is C22H31NO2S. The van der Waals surface area contributed by atoms with Gasteiger partial charge in [0.25, 0.3) is 0 Å². The number of benzene rings is 1. The lowest BCUT2D eigenvalue weighted by molar-refractivity contribution is 0.0981. The molecule has 0 fully saturated rings. The van der Waals surface area contributed by atoms with E-state index in [4.69, 9.17) is 5.73 Å². The number of aliphatic hydroxyl groups is 1. The molecule has 2 rings (SSSR count). The van der Waals surface area contributed by atoms with Crippen LogP contribution in [-0.2, 0) is 6.42 Å². The van der Waals surface area contributed by atoms with E-state index in [0.717, 1.165) is 37.0 Å².